The van der Waals surface area contributed by atoms with Crippen LogP contribution in [0.3, 0.4) is 0 Å². The zero-order chi connectivity index (χ0) is 28.0. The van der Waals surface area contributed by atoms with Crippen LogP contribution in [0.25, 0.3) is 49.8 Å². The highest BCUT2D eigenvalue weighted by atomic mass is 16.3. The van der Waals surface area contributed by atoms with Gasteiger partial charge < -0.3 is 13.9 Å². The number of para-hydroxylation sites is 4. The summed E-state index contributed by atoms with van der Waals surface area (Å²) in [7, 11) is 0. The molecule has 0 aliphatic heterocycles. The fourth-order valence-electron chi connectivity index (χ4n) is 6.42. The lowest BCUT2D eigenvalue weighted by molar-refractivity contribution is 0.674. The van der Waals surface area contributed by atoms with E-state index in [1.54, 1.807) is 0 Å². The Labute approximate surface area is 245 Å². The summed E-state index contributed by atoms with van der Waals surface area (Å²) in [6.45, 7) is 2.27. The van der Waals surface area contributed by atoms with Crippen LogP contribution in [0.1, 0.15) is 13.3 Å². The maximum absolute atomic E-state index is 6.81. The second-order valence-corrected chi connectivity index (χ2v) is 11.1. The minimum absolute atomic E-state index is 0.495. The number of fused-ring (bicyclic) bond motifs is 5. The van der Waals surface area contributed by atoms with Crippen LogP contribution in [0.15, 0.2) is 156 Å². The third-order valence-corrected chi connectivity index (χ3v) is 8.29. The molecule has 1 unspecified atom stereocenters. The van der Waals surface area contributed by atoms with Gasteiger partial charge in [0.1, 0.15) is 11.1 Å². The van der Waals surface area contributed by atoms with Crippen molar-refractivity contribution in [2.45, 2.75) is 13.3 Å². The molecular weight excluding hydrogens is 512 g/mol. The molecule has 3 heteroatoms. The highest BCUT2D eigenvalue weighted by Gasteiger charge is 2.22. The molecular formula is C39H30N2O. The van der Waals surface area contributed by atoms with Gasteiger partial charge in [-0.15, -0.1) is 0 Å². The van der Waals surface area contributed by atoms with Gasteiger partial charge in [-0.1, -0.05) is 91.9 Å². The third kappa shape index (κ3) is 3.97. The molecule has 1 aliphatic rings. The van der Waals surface area contributed by atoms with E-state index in [1.165, 1.54) is 5.70 Å². The first-order chi connectivity index (χ1) is 20.8. The topological polar surface area (TPSA) is 21.3 Å². The molecule has 0 bridgehead atoms. The zero-order valence-corrected chi connectivity index (χ0v) is 23.4. The Bertz CT molecular complexity index is 2130. The highest BCUT2D eigenvalue weighted by Crippen LogP contribution is 2.43. The molecule has 3 nitrogen and oxygen atoms in total. The van der Waals surface area contributed by atoms with Crippen molar-refractivity contribution in [3.63, 3.8) is 0 Å². The molecule has 202 valence electrons. The van der Waals surface area contributed by atoms with Crippen molar-refractivity contribution in [2.75, 3.05) is 4.90 Å². The molecule has 8 rings (SSSR count). The van der Waals surface area contributed by atoms with E-state index in [0.29, 0.717) is 5.92 Å². The molecule has 0 fully saturated rings. The van der Waals surface area contributed by atoms with Gasteiger partial charge in [0.2, 0.25) is 0 Å². The summed E-state index contributed by atoms with van der Waals surface area (Å²) in [6.07, 6.45) is 7.69. The molecule has 2 aromatic heterocycles. The van der Waals surface area contributed by atoms with E-state index in [-0.39, 0.29) is 0 Å². The van der Waals surface area contributed by atoms with Crippen LogP contribution in [0.4, 0.5) is 11.4 Å². The molecule has 0 amide bonds. The minimum atomic E-state index is 0.495. The van der Waals surface area contributed by atoms with E-state index in [9.17, 15) is 0 Å². The van der Waals surface area contributed by atoms with Crippen LogP contribution in [0.5, 0.6) is 0 Å². The number of anilines is 2. The highest BCUT2D eigenvalue weighted by molar-refractivity contribution is 6.18. The predicted molar refractivity (Wildman–Crippen MR) is 176 cm³/mol. The molecule has 2 heterocycles. The van der Waals surface area contributed by atoms with Gasteiger partial charge in [-0.3, -0.25) is 0 Å². The van der Waals surface area contributed by atoms with E-state index in [0.717, 1.165) is 67.6 Å². The molecule has 1 aliphatic carbocycles. The Morgan fingerprint density at radius 2 is 1.40 bits per heavy atom. The first-order valence-corrected chi connectivity index (χ1v) is 14.6. The fraction of sp³-hybridized carbons (Fsp3) is 0.0769. The van der Waals surface area contributed by atoms with Crippen molar-refractivity contribution < 1.29 is 4.42 Å². The normalized spacial score (nSPS) is 15.0. The summed E-state index contributed by atoms with van der Waals surface area (Å²) in [5.41, 5.74) is 11.0. The lowest BCUT2D eigenvalue weighted by atomic mass is 9.97. The second-order valence-electron chi connectivity index (χ2n) is 11.1. The molecule has 0 radical (unpaired) electrons. The van der Waals surface area contributed by atoms with Crippen molar-refractivity contribution in [2.24, 2.45) is 5.92 Å². The molecule has 0 saturated carbocycles. The number of allylic oxidation sites excluding steroid dienone is 4. The van der Waals surface area contributed by atoms with Gasteiger partial charge in [0.25, 0.3) is 0 Å². The van der Waals surface area contributed by atoms with Gasteiger partial charge >= 0.3 is 0 Å². The van der Waals surface area contributed by atoms with E-state index in [1.807, 2.05) is 0 Å². The Balaban J connectivity index is 1.33. The number of benzene rings is 5. The lowest BCUT2D eigenvalue weighted by Gasteiger charge is -2.30. The second kappa shape index (κ2) is 9.97. The minimum Gasteiger partial charge on any atom is -0.453 e. The van der Waals surface area contributed by atoms with Crippen molar-refractivity contribution >= 4 is 44.3 Å². The first kappa shape index (κ1) is 24.5. The summed E-state index contributed by atoms with van der Waals surface area (Å²) >= 11 is 0. The van der Waals surface area contributed by atoms with Crippen molar-refractivity contribution in [1.29, 1.82) is 0 Å². The largest absolute Gasteiger partial charge is 0.453 e. The van der Waals surface area contributed by atoms with Gasteiger partial charge in [0.15, 0.2) is 5.58 Å². The van der Waals surface area contributed by atoms with Crippen molar-refractivity contribution in [3.8, 4) is 16.8 Å². The fourth-order valence-corrected chi connectivity index (χ4v) is 6.42. The van der Waals surface area contributed by atoms with Crippen LogP contribution in [0, 0.1) is 5.92 Å². The SMILES string of the molecule is CC1C=CC=C(N(c2ccccc2)c2cccc(-c3cccc4c3oc3c5ccccc5n(-c5ccccc5)c43)c2)C1. The summed E-state index contributed by atoms with van der Waals surface area (Å²) in [5.74, 6) is 0.495. The first-order valence-electron chi connectivity index (χ1n) is 14.6. The summed E-state index contributed by atoms with van der Waals surface area (Å²) in [5, 5.41) is 2.23. The van der Waals surface area contributed by atoms with Crippen LogP contribution in [-0.2, 0) is 0 Å². The number of hydrogen-bond acceptors (Lipinski definition) is 2. The van der Waals surface area contributed by atoms with Gasteiger partial charge in [0, 0.05) is 39.1 Å². The van der Waals surface area contributed by atoms with Crippen LogP contribution in [0.2, 0.25) is 0 Å². The van der Waals surface area contributed by atoms with E-state index >= 15 is 0 Å². The third-order valence-electron chi connectivity index (χ3n) is 8.29. The number of aromatic nitrogens is 1. The molecule has 1 atom stereocenters. The van der Waals surface area contributed by atoms with E-state index < -0.39 is 0 Å². The van der Waals surface area contributed by atoms with Crippen molar-refractivity contribution in [3.05, 3.63) is 151 Å². The molecule has 5 aromatic carbocycles. The summed E-state index contributed by atoms with van der Waals surface area (Å²) < 4.78 is 9.15. The van der Waals surface area contributed by atoms with E-state index in [2.05, 4.69) is 162 Å². The van der Waals surface area contributed by atoms with Gasteiger partial charge in [-0.2, -0.15) is 0 Å². The quantitative estimate of drug-likeness (QED) is 0.216. The van der Waals surface area contributed by atoms with Gasteiger partial charge in [-0.25, -0.2) is 0 Å². The number of furan rings is 1. The molecule has 0 N–H and O–H groups in total. The molecule has 0 spiro atoms. The van der Waals surface area contributed by atoms with Crippen LogP contribution >= 0.6 is 0 Å². The Hall–Kier alpha value is -5.28. The zero-order valence-electron chi connectivity index (χ0n) is 23.4. The van der Waals surface area contributed by atoms with Crippen LogP contribution in [-0.4, -0.2) is 4.57 Å². The van der Waals surface area contributed by atoms with E-state index in [4.69, 9.17) is 4.42 Å². The van der Waals surface area contributed by atoms with Crippen molar-refractivity contribution in [1.82, 2.24) is 4.57 Å². The Kier molecular flexibility index (Phi) is 5.82. The molecule has 0 saturated heterocycles. The van der Waals surface area contributed by atoms with Crippen LogP contribution < -0.4 is 4.90 Å². The Morgan fingerprint density at radius 1 is 0.690 bits per heavy atom. The monoisotopic (exact) mass is 542 g/mol. The molecule has 7 aromatic rings. The standard InChI is InChI=1S/C39H30N2O/c1-27-13-10-19-31(25-27)40(29-15-4-2-5-16-29)32-20-11-14-28(26-32)33-22-12-23-35-37-39(42-38(33)35)34-21-8-9-24-36(34)41(37)30-17-6-3-7-18-30/h2-24,26-27H,25H2,1H3. The Morgan fingerprint density at radius 3 is 2.24 bits per heavy atom. The average molecular weight is 543 g/mol. The summed E-state index contributed by atoms with van der Waals surface area (Å²) in [4.78, 5) is 2.39. The summed E-state index contributed by atoms with van der Waals surface area (Å²) in [6, 6.07) is 45.1. The number of rotatable bonds is 5. The maximum atomic E-state index is 6.81. The average Bonchev–Trinajstić information content (AvgIpc) is 3.57. The van der Waals surface area contributed by atoms with Gasteiger partial charge in [0.05, 0.1) is 5.52 Å². The van der Waals surface area contributed by atoms with Gasteiger partial charge in [-0.05, 0) is 78.6 Å². The molecule has 42 heavy (non-hydrogen) atoms. The number of hydrogen-bond donors (Lipinski definition) is 0. The smallest absolute Gasteiger partial charge is 0.161 e. The predicted octanol–water partition coefficient (Wildman–Crippen LogP) is 10.8. The lowest BCUT2D eigenvalue weighted by Crippen LogP contribution is -2.19. The number of nitrogens with zero attached hydrogens (tertiary/aromatic N) is 2. The maximum Gasteiger partial charge on any atom is 0.161 e.